The molecular formula is C30H30BrN3O6. The number of rotatable bonds is 9. The summed E-state index contributed by atoms with van der Waals surface area (Å²) < 4.78 is 20.0. The van der Waals surface area contributed by atoms with Crippen LogP contribution in [0.4, 0.5) is 0 Å². The van der Waals surface area contributed by atoms with E-state index in [9.17, 15) is 14.4 Å². The zero-order valence-corrected chi connectivity index (χ0v) is 23.9. The summed E-state index contributed by atoms with van der Waals surface area (Å²) in [6, 6.07) is 20.0. The van der Waals surface area contributed by atoms with Crippen molar-refractivity contribution in [3.8, 4) is 11.5 Å². The Balaban J connectivity index is 1.43. The number of carbonyl (C=O) groups excluding carboxylic acids is 1. The van der Waals surface area contributed by atoms with Gasteiger partial charge in [-0.2, -0.15) is 0 Å². The quantitative estimate of drug-likeness (QED) is 0.286. The Kier molecular flexibility index (Phi) is 8.37. The maximum absolute atomic E-state index is 13.9. The first-order valence-electron chi connectivity index (χ1n) is 12.9. The van der Waals surface area contributed by atoms with E-state index in [1.54, 1.807) is 46.9 Å². The van der Waals surface area contributed by atoms with Crippen LogP contribution >= 0.6 is 15.9 Å². The summed E-state index contributed by atoms with van der Waals surface area (Å²) in [6.45, 7) is 1.22. The van der Waals surface area contributed by atoms with Crippen molar-refractivity contribution >= 4 is 32.7 Å². The van der Waals surface area contributed by atoms with Gasteiger partial charge in [-0.05, 0) is 47.9 Å². The second-order valence-corrected chi connectivity index (χ2v) is 10.6. The highest BCUT2D eigenvalue weighted by Gasteiger charge is 2.30. The molecule has 0 aliphatic carbocycles. The Labute approximate surface area is 239 Å². The Morgan fingerprint density at radius 3 is 2.48 bits per heavy atom. The van der Waals surface area contributed by atoms with Crippen molar-refractivity contribution < 1.29 is 19.0 Å². The number of ether oxygens (including phenoxy) is 3. The number of nitrogens with zero attached hydrogens (tertiary/aromatic N) is 3. The standard InChI is InChI=1S/C30H30BrN3O6/c1-38-26-11-8-21(14-27(26)39-2)16-33-29(36)24-15-22(31)9-10-25(24)34(30(33)37)23-12-13-32(17-23)28(35)19-40-18-20-6-4-3-5-7-20/h3-11,14-15,23H,12-13,16-19H2,1-2H3. The van der Waals surface area contributed by atoms with Crippen LogP contribution in [-0.4, -0.2) is 53.9 Å². The van der Waals surface area contributed by atoms with Crippen molar-refractivity contribution in [3.63, 3.8) is 0 Å². The predicted molar refractivity (Wildman–Crippen MR) is 155 cm³/mol. The first kappa shape index (κ1) is 27.7. The third-order valence-electron chi connectivity index (χ3n) is 7.14. The normalized spacial score (nSPS) is 15.0. The zero-order valence-electron chi connectivity index (χ0n) is 22.3. The van der Waals surface area contributed by atoms with Crippen molar-refractivity contribution in [2.24, 2.45) is 0 Å². The molecule has 1 unspecified atom stereocenters. The second-order valence-electron chi connectivity index (χ2n) is 9.66. The van der Waals surface area contributed by atoms with Crippen molar-refractivity contribution in [2.75, 3.05) is 33.9 Å². The van der Waals surface area contributed by atoms with Crippen LogP contribution in [0.1, 0.15) is 23.6 Å². The van der Waals surface area contributed by atoms with E-state index in [0.717, 1.165) is 15.6 Å². The minimum atomic E-state index is -0.422. The molecule has 0 radical (unpaired) electrons. The summed E-state index contributed by atoms with van der Waals surface area (Å²) in [5.74, 6) is 0.940. The molecule has 0 N–H and O–H groups in total. The number of carbonyl (C=O) groups is 1. The molecule has 9 nitrogen and oxygen atoms in total. The Morgan fingerprint density at radius 2 is 1.73 bits per heavy atom. The largest absolute Gasteiger partial charge is 0.493 e. The highest BCUT2D eigenvalue weighted by Crippen LogP contribution is 2.28. The van der Waals surface area contributed by atoms with Gasteiger partial charge in [0.15, 0.2) is 11.5 Å². The van der Waals surface area contributed by atoms with E-state index in [4.69, 9.17) is 14.2 Å². The van der Waals surface area contributed by atoms with Crippen LogP contribution < -0.4 is 20.7 Å². The first-order valence-corrected chi connectivity index (χ1v) is 13.7. The lowest BCUT2D eigenvalue weighted by Gasteiger charge is -2.21. The molecule has 4 aromatic rings. The van der Waals surface area contributed by atoms with Crippen LogP contribution in [0, 0.1) is 0 Å². The minimum Gasteiger partial charge on any atom is -0.493 e. The Bertz CT molecular complexity index is 1650. The first-order chi connectivity index (χ1) is 19.4. The highest BCUT2D eigenvalue weighted by molar-refractivity contribution is 9.10. The number of likely N-dealkylation sites (tertiary alicyclic amines) is 1. The Hall–Kier alpha value is -3.89. The zero-order chi connectivity index (χ0) is 28.2. The summed E-state index contributed by atoms with van der Waals surface area (Å²) in [5, 5.41) is 0.422. The van der Waals surface area contributed by atoms with E-state index in [2.05, 4.69) is 15.9 Å². The molecule has 40 heavy (non-hydrogen) atoms. The smallest absolute Gasteiger partial charge is 0.332 e. The lowest BCUT2D eigenvalue weighted by atomic mass is 10.1. The third kappa shape index (κ3) is 5.68. The third-order valence-corrected chi connectivity index (χ3v) is 7.63. The molecule has 0 bridgehead atoms. The number of methoxy groups -OCH3 is 2. The highest BCUT2D eigenvalue weighted by atomic mass is 79.9. The number of amides is 1. The van der Waals surface area contributed by atoms with Gasteiger partial charge >= 0.3 is 5.69 Å². The molecule has 1 aliphatic rings. The molecule has 1 aromatic heterocycles. The number of aromatic nitrogens is 2. The topological polar surface area (TPSA) is 92.0 Å². The summed E-state index contributed by atoms with van der Waals surface area (Å²) in [5.41, 5.74) is 1.45. The van der Waals surface area contributed by atoms with Crippen molar-refractivity contribution in [3.05, 3.63) is 103 Å². The summed E-state index contributed by atoms with van der Waals surface area (Å²) in [7, 11) is 3.08. The lowest BCUT2D eigenvalue weighted by molar-refractivity contribution is -0.135. The van der Waals surface area contributed by atoms with E-state index in [1.165, 1.54) is 11.7 Å². The van der Waals surface area contributed by atoms with Crippen LogP contribution in [0.15, 0.2) is 80.8 Å². The summed E-state index contributed by atoms with van der Waals surface area (Å²) >= 11 is 3.46. The monoisotopic (exact) mass is 607 g/mol. The van der Waals surface area contributed by atoms with Gasteiger partial charge in [0, 0.05) is 17.6 Å². The number of halogens is 1. The molecule has 1 atom stereocenters. The summed E-state index contributed by atoms with van der Waals surface area (Å²) in [4.78, 5) is 42.1. The predicted octanol–water partition coefficient (Wildman–Crippen LogP) is 3.98. The van der Waals surface area contributed by atoms with Gasteiger partial charge in [-0.25, -0.2) is 4.79 Å². The van der Waals surface area contributed by atoms with E-state index < -0.39 is 5.69 Å². The maximum Gasteiger partial charge on any atom is 0.332 e. The number of fused-ring (bicyclic) bond motifs is 1. The van der Waals surface area contributed by atoms with Crippen LogP contribution in [-0.2, 0) is 22.7 Å². The SMILES string of the molecule is COc1ccc(Cn2c(=O)c3cc(Br)ccc3n(C3CCN(C(=O)COCc4ccccc4)C3)c2=O)cc1OC. The molecule has 0 spiro atoms. The van der Waals surface area contributed by atoms with Gasteiger partial charge in [0.2, 0.25) is 5.91 Å². The van der Waals surface area contributed by atoms with Gasteiger partial charge in [-0.15, -0.1) is 0 Å². The van der Waals surface area contributed by atoms with Gasteiger partial charge in [0.1, 0.15) is 6.61 Å². The molecule has 10 heteroatoms. The molecule has 1 fully saturated rings. The average Bonchev–Trinajstić information content (AvgIpc) is 3.46. The van der Waals surface area contributed by atoms with E-state index in [-0.39, 0.29) is 30.7 Å². The fourth-order valence-corrected chi connectivity index (χ4v) is 5.47. The molecule has 2 heterocycles. The summed E-state index contributed by atoms with van der Waals surface area (Å²) in [6.07, 6.45) is 0.587. The molecular weight excluding hydrogens is 578 g/mol. The van der Waals surface area contributed by atoms with Gasteiger partial charge in [0.05, 0.1) is 44.3 Å². The number of benzene rings is 3. The lowest BCUT2D eigenvalue weighted by Crippen LogP contribution is -2.42. The molecule has 3 aromatic carbocycles. The van der Waals surface area contributed by atoms with E-state index >= 15 is 0 Å². The van der Waals surface area contributed by atoms with Crippen LogP contribution in [0.5, 0.6) is 11.5 Å². The minimum absolute atomic E-state index is 0.0387. The fourth-order valence-electron chi connectivity index (χ4n) is 5.11. The average molecular weight is 608 g/mol. The van der Waals surface area contributed by atoms with Crippen molar-refractivity contribution in [1.29, 1.82) is 0 Å². The van der Waals surface area contributed by atoms with Gasteiger partial charge in [-0.1, -0.05) is 52.3 Å². The Morgan fingerprint density at radius 1 is 0.950 bits per heavy atom. The molecule has 1 amide bonds. The van der Waals surface area contributed by atoms with Gasteiger partial charge in [-0.3, -0.25) is 18.7 Å². The van der Waals surface area contributed by atoms with Gasteiger partial charge in [0.25, 0.3) is 5.56 Å². The molecule has 0 saturated carbocycles. The van der Waals surface area contributed by atoms with Crippen LogP contribution in [0.2, 0.25) is 0 Å². The van der Waals surface area contributed by atoms with Crippen molar-refractivity contribution in [1.82, 2.24) is 14.0 Å². The molecule has 1 saturated heterocycles. The van der Waals surface area contributed by atoms with Crippen LogP contribution in [0.3, 0.4) is 0 Å². The van der Waals surface area contributed by atoms with E-state index in [0.29, 0.717) is 48.5 Å². The molecule has 1 aliphatic heterocycles. The fraction of sp³-hybridized carbons (Fsp3) is 0.300. The second kappa shape index (κ2) is 12.1. The van der Waals surface area contributed by atoms with Gasteiger partial charge < -0.3 is 19.1 Å². The maximum atomic E-state index is 13.9. The van der Waals surface area contributed by atoms with Crippen LogP contribution in [0.25, 0.3) is 10.9 Å². The number of hydrogen-bond acceptors (Lipinski definition) is 6. The van der Waals surface area contributed by atoms with E-state index in [1.807, 2.05) is 36.4 Å². The molecule has 208 valence electrons. The van der Waals surface area contributed by atoms with Crippen molar-refractivity contribution in [2.45, 2.75) is 25.6 Å². The molecule has 5 rings (SSSR count). The number of hydrogen-bond donors (Lipinski definition) is 0.